The van der Waals surface area contributed by atoms with Crippen LogP contribution in [0.5, 0.6) is 0 Å². The van der Waals surface area contributed by atoms with Crippen LogP contribution in [-0.4, -0.2) is 55.1 Å². The molecule has 1 fully saturated rings. The quantitative estimate of drug-likeness (QED) is 0.746. The third-order valence-corrected chi connectivity index (χ3v) is 3.09. The third-order valence-electron chi connectivity index (χ3n) is 3.09. The lowest BCUT2D eigenvalue weighted by Crippen LogP contribution is -2.59. The van der Waals surface area contributed by atoms with Crippen molar-refractivity contribution in [2.45, 2.75) is 38.8 Å². The average Bonchev–Trinajstić information content (AvgIpc) is 2.27. The van der Waals surface area contributed by atoms with Crippen LogP contribution in [0.2, 0.25) is 0 Å². The molecule has 1 N–H and O–H groups in total. The van der Waals surface area contributed by atoms with Crippen molar-refractivity contribution >= 4 is 6.03 Å². The number of carbonyl (C=O) groups excluding carboxylic acids is 1. The minimum absolute atomic E-state index is 0.141. The number of nitrogens with one attached hydrogen (secondary N) is 1. The van der Waals surface area contributed by atoms with Gasteiger partial charge in [0.05, 0.1) is 0 Å². The molecule has 1 aliphatic rings. The van der Waals surface area contributed by atoms with Gasteiger partial charge in [-0.2, -0.15) is 0 Å². The Kier molecular flexibility index (Phi) is 4.39. The Morgan fingerprint density at radius 1 is 1.40 bits per heavy atom. The molecule has 4 nitrogen and oxygen atoms in total. The van der Waals surface area contributed by atoms with Crippen LogP contribution in [0.25, 0.3) is 0 Å². The van der Waals surface area contributed by atoms with Gasteiger partial charge in [0, 0.05) is 39.3 Å². The molecule has 15 heavy (non-hydrogen) atoms. The number of amides is 2. The zero-order chi connectivity index (χ0) is 11.4. The molecule has 0 aromatic carbocycles. The Labute approximate surface area is 92.6 Å². The molecule has 4 heteroatoms. The molecule has 0 radical (unpaired) electrons. The first kappa shape index (κ1) is 12.3. The fourth-order valence-corrected chi connectivity index (χ4v) is 1.99. The van der Waals surface area contributed by atoms with Gasteiger partial charge in [-0.3, -0.25) is 0 Å². The maximum absolute atomic E-state index is 12.0. The summed E-state index contributed by atoms with van der Waals surface area (Å²) < 4.78 is 0. The van der Waals surface area contributed by atoms with Gasteiger partial charge in [-0.05, 0) is 12.8 Å². The highest BCUT2D eigenvalue weighted by molar-refractivity contribution is 5.74. The van der Waals surface area contributed by atoms with Gasteiger partial charge in [0.25, 0.3) is 0 Å². The molecular formula is C11H23N3O. The highest BCUT2D eigenvalue weighted by atomic mass is 16.2. The van der Waals surface area contributed by atoms with Crippen LogP contribution < -0.4 is 5.32 Å². The lowest BCUT2D eigenvalue weighted by Gasteiger charge is -2.41. The number of hydrogen-bond acceptors (Lipinski definition) is 2. The summed E-state index contributed by atoms with van der Waals surface area (Å²) in [7, 11) is 3.64. The number of piperazine rings is 1. The molecule has 0 aliphatic carbocycles. The van der Waals surface area contributed by atoms with Gasteiger partial charge >= 0.3 is 6.03 Å². The van der Waals surface area contributed by atoms with Crippen molar-refractivity contribution in [3.05, 3.63) is 0 Å². The van der Waals surface area contributed by atoms with E-state index in [1.165, 1.54) is 0 Å². The zero-order valence-electron chi connectivity index (χ0n) is 10.3. The van der Waals surface area contributed by atoms with Gasteiger partial charge in [-0.1, -0.05) is 13.8 Å². The van der Waals surface area contributed by atoms with E-state index in [1.54, 1.807) is 4.90 Å². The summed E-state index contributed by atoms with van der Waals surface area (Å²) in [6.07, 6.45) is 2.09. The summed E-state index contributed by atoms with van der Waals surface area (Å²) in [6, 6.07) is 0.946. The van der Waals surface area contributed by atoms with Crippen molar-refractivity contribution in [1.82, 2.24) is 15.1 Å². The summed E-state index contributed by atoms with van der Waals surface area (Å²) in [5.74, 6) is 0. The van der Waals surface area contributed by atoms with Crippen molar-refractivity contribution < 1.29 is 4.79 Å². The molecule has 1 rings (SSSR count). The van der Waals surface area contributed by atoms with E-state index in [4.69, 9.17) is 0 Å². The predicted molar refractivity (Wildman–Crippen MR) is 61.9 cm³/mol. The first-order valence-electron chi connectivity index (χ1n) is 5.81. The zero-order valence-corrected chi connectivity index (χ0v) is 10.3. The largest absolute Gasteiger partial charge is 0.331 e. The first-order valence-corrected chi connectivity index (χ1v) is 5.81. The summed E-state index contributed by atoms with van der Waals surface area (Å²) >= 11 is 0. The first-order chi connectivity index (χ1) is 7.10. The smallest absolute Gasteiger partial charge is 0.319 e. The van der Waals surface area contributed by atoms with E-state index in [2.05, 4.69) is 19.2 Å². The van der Waals surface area contributed by atoms with Crippen LogP contribution in [0.4, 0.5) is 4.79 Å². The van der Waals surface area contributed by atoms with E-state index in [1.807, 2.05) is 19.0 Å². The van der Waals surface area contributed by atoms with Gasteiger partial charge in [0.2, 0.25) is 0 Å². The standard InChI is InChI=1S/C11H23N3O/c1-5-9-8-14(11(15)13(3)4)10(6-2)7-12-9/h9-10,12H,5-8H2,1-4H3. The molecule has 0 aromatic rings. The minimum atomic E-state index is 0.141. The van der Waals surface area contributed by atoms with E-state index in [-0.39, 0.29) is 6.03 Å². The molecule has 0 bridgehead atoms. The molecule has 2 atom stereocenters. The summed E-state index contributed by atoms with van der Waals surface area (Å²) in [5, 5.41) is 3.48. The molecular weight excluding hydrogens is 190 g/mol. The molecule has 2 unspecified atom stereocenters. The Morgan fingerprint density at radius 2 is 2.07 bits per heavy atom. The second kappa shape index (κ2) is 5.35. The molecule has 0 saturated carbocycles. The van der Waals surface area contributed by atoms with E-state index >= 15 is 0 Å². The highest BCUT2D eigenvalue weighted by Crippen LogP contribution is 2.13. The van der Waals surface area contributed by atoms with Crippen LogP contribution in [0.3, 0.4) is 0 Å². The monoisotopic (exact) mass is 213 g/mol. The Balaban J connectivity index is 2.66. The number of rotatable bonds is 2. The van der Waals surface area contributed by atoms with E-state index in [0.29, 0.717) is 12.1 Å². The van der Waals surface area contributed by atoms with E-state index in [0.717, 1.165) is 25.9 Å². The Bertz CT molecular complexity index is 218. The van der Waals surface area contributed by atoms with Crippen LogP contribution in [-0.2, 0) is 0 Å². The van der Waals surface area contributed by atoms with Crippen molar-refractivity contribution in [1.29, 1.82) is 0 Å². The lowest BCUT2D eigenvalue weighted by molar-refractivity contribution is 0.117. The third kappa shape index (κ3) is 2.84. The van der Waals surface area contributed by atoms with Gasteiger partial charge in [0.15, 0.2) is 0 Å². The second-order valence-corrected chi connectivity index (χ2v) is 4.40. The molecule has 1 saturated heterocycles. The van der Waals surface area contributed by atoms with Crippen LogP contribution >= 0.6 is 0 Å². The highest BCUT2D eigenvalue weighted by Gasteiger charge is 2.30. The van der Waals surface area contributed by atoms with E-state index < -0.39 is 0 Å². The molecule has 1 aliphatic heterocycles. The summed E-state index contributed by atoms with van der Waals surface area (Å²) in [6.45, 7) is 6.05. The van der Waals surface area contributed by atoms with Crippen LogP contribution in [0.15, 0.2) is 0 Å². The lowest BCUT2D eigenvalue weighted by atomic mass is 10.1. The Morgan fingerprint density at radius 3 is 2.53 bits per heavy atom. The maximum Gasteiger partial charge on any atom is 0.319 e. The van der Waals surface area contributed by atoms with Gasteiger partial charge in [-0.15, -0.1) is 0 Å². The number of hydrogen-bond donors (Lipinski definition) is 1. The summed E-state index contributed by atoms with van der Waals surface area (Å²) in [4.78, 5) is 15.6. The molecule has 0 spiro atoms. The fourth-order valence-electron chi connectivity index (χ4n) is 1.99. The van der Waals surface area contributed by atoms with Crippen molar-refractivity contribution in [2.75, 3.05) is 27.2 Å². The predicted octanol–water partition coefficient (Wildman–Crippen LogP) is 1.13. The molecule has 2 amide bonds. The van der Waals surface area contributed by atoms with Gasteiger partial charge in [0.1, 0.15) is 0 Å². The van der Waals surface area contributed by atoms with Crippen molar-refractivity contribution in [2.24, 2.45) is 0 Å². The molecule has 0 aromatic heterocycles. The topological polar surface area (TPSA) is 35.6 Å². The number of carbonyl (C=O) groups is 1. The average molecular weight is 213 g/mol. The van der Waals surface area contributed by atoms with E-state index in [9.17, 15) is 4.79 Å². The SMILES string of the molecule is CCC1CN(C(=O)N(C)C)C(CC)CN1. The van der Waals surface area contributed by atoms with Crippen LogP contribution in [0, 0.1) is 0 Å². The fraction of sp³-hybridized carbons (Fsp3) is 0.909. The number of nitrogens with zero attached hydrogens (tertiary/aromatic N) is 2. The second-order valence-electron chi connectivity index (χ2n) is 4.40. The van der Waals surface area contributed by atoms with Crippen molar-refractivity contribution in [3.63, 3.8) is 0 Å². The minimum Gasteiger partial charge on any atom is -0.331 e. The summed E-state index contributed by atoms with van der Waals surface area (Å²) in [5.41, 5.74) is 0. The number of urea groups is 1. The van der Waals surface area contributed by atoms with Crippen LogP contribution in [0.1, 0.15) is 26.7 Å². The van der Waals surface area contributed by atoms with Gasteiger partial charge < -0.3 is 15.1 Å². The molecule has 88 valence electrons. The normalized spacial score (nSPS) is 26.5. The van der Waals surface area contributed by atoms with Crippen molar-refractivity contribution in [3.8, 4) is 0 Å². The maximum atomic E-state index is 12.0. The molecule has 1 heterocycles. The van der Waals surface area contributed by atoms with Gasteiger partial charge in [-0.25, -0.2) is 4.79 Å². The Hall–Kier alpha value is -0.770.